The highest BCUT2D eigenvalue weighted by Crippen LogP contribution is 2.24. The number of nitrogens with zero attached hydrogens (tertiary/aromatic N) is 4. The number of hydrogen-bond acceptors (Lipinski definition) is 5. The standard InChI is InChI=1S/C13H24N4OS2/c1-4-5-16-12(8-18)14-17(13(16)19)9-15-6-10(2)20-11(3)7-15/h10-11,18H,4-9H2,1-3H3. The van der Waals surface area contributed by atoms with Crippen molar-refractivity contribution in [2.75, 3.05) is 13.1 Å². The van der Waals surface area contributed by atoms with Crippen LogP contribution in [0.1, 0.15) is 33.0 Å². The van der Waals surface area contributed by atoms with E-state index in [4.69, 9.17) is 12.2 Å². The normalized spacial score (nSPS) is 24.2. The number of hydrogen-bond donors (Lipinski definition) is 1. The lowest BCUT2D eigenvalue weighted by molar-refractivity contribution is 0.201. The summed E-state index contributed by atoms with van der Waals surface area (Å²) in [6, 6.07) is 0. The summed E-state index contributed by atoms with van der Waals surface area (Å²) < 4.78 is 4.52. The van der Waals surface area contributed by atoms with Gasteiger partial charge in [-0.2, -0.15) is 16.9 Å². The molecule has 0 aliphatic carbocycles. The molecule has 2 rings (SSSR count). The summed E-state index contributed by atoms with van der Waals surface area (Å²) in [5, 5.41) is 15.2. The molecule has 1 N–H and O–H groups in total. The SMILES string of the molecule is CCCn1c(CO)nn(CN2CC(C)SC(C)C2)c1=S. The molecular weight excluding hydrogens is 292 g/mol. The molecule has 1 saturated heterocycles. The van der Waals surface area contributed by atoms with E-state index in [0.717, 1.165) is 37.5 Å². The van der Waals surface area contributed by atoms with Crippen molar-refractivity contribution in [1.82, 2.24) is 19.2 Å². The minimum absolute atomic E-state index is 0.0563. The van der Waals surface area contributed by atoms with Crippen LogP contribution >= 0.6 is 24.0 Å². The number of aliphatic hydroxyl groups is 1. The predicted octanol–water partition coefficient (Wildman–Crippen LogP) is 2.10. The quantitative estimate of drug-likeness (QED) is 0.843. The smallest absolute Gasteiger partial charge is 0.199 e. The summed E-state index contributed by atoms with van der Waals surface area (Å²) in [6.45, 7) is 10.2. The highest BCUT2D eigenvalue weighted by atomic mass is 32.2. The maximum Gasteiger partial charge on any atom is 0.199 e. The monoisotopic (exact) mass is 316 g/mol. The fourth-order valence-corrected chi connectivity index (χ4v) is 4.41. The van der Waals surface area contributed by atoms with E-state index < -0.39 is 0 Å². The van der Waals surface area contributed by atoms with E-state index in [0.29, 0.717) is 16.3 Å². The van der Waals surface area contributed by atoms with Crippen LogP contribution in [-0.2, 0) is 19.8 Å². The molecule has 2 atom stereocenters. The van der Waals surface area contributed by atoms with Crippen molar-refractivity contribution in [2.24, 2.45) is 0 Å². The van der Waals surface area contributed by atoms with Crippen LogP contribution in [0.25, 0.3) is 0 Å². The fraction of sp³-hybridized carbons (Fsp3) is 0.846. The van der Waals surface area contributed by atoms with Gasteiger partial charge in [-0.05, 0) is 18.6 Å². The zero-order chi connectivity index (χ0) is 14.7. The van der Waals surface area contributed by atoms with Gasteiger partial charge < -0.3 is 9.67 Å². The van der Waals surface area contributed by atoms with Gasteiger partial charge in [-0.1, -0.05) is 20.8 Å². The third-order valence-corrected chi connectivity index (χ3v) is 5.08. The Morgan fingerprint density at radius 1 is 1.35 bits per heavy atom. The lowest BCUT2D eigenvalue weighted by atomic mass is 10.3. The molecule has 0 radical (unpaired) electrons. The van der Waals surface area contributed by atoms with E-state index in [1.807, 2.05) is 21.0 Å². The van der Waals surface area contributed by atoms with Crippen LogP contribution in [0.15, 0.2) is 0 Å². The Labute approximate surface area is 130 Å². The Balaban J connectivity index is 2.15. The van der Waals surface area contributed by atoms with E-state index in [9.17, 15) is 5.11 Å². The van der Waals surface area contributed by atoms with Gasteiger partial charge in [0.2, 0.25) is 0 Å². The second kappa shape index (κ2) is 7.06. The highest BCUT2D eigenvalue weighted by molar-refractivity contribution is 8.00. The van der Waals surface area contributed by atoms with E-state index >= 15 is 0 Å². The number of rotatable bonds is 5. The molecule has 2 heterocycles. The summed E-state index contributed by atoms with van der Waals surface area (Å²) in [6.07, 6.45) is 0.988. The maximum atomic E-state index is 9.41. The molecule has 1 fully saturated rings. The molecule has 0 spiro atoms. The second-order valence-electron chi connectivity index (χ2n) is 5.44. The van der Waals surface area contributed by atoms with E-state index in [1.165, 1.54) is 0 Å². The van der Waals surface area contributed by atoms with E-state index in [-0.39, 0.29) is 6.61 Å². The van der Waals surface area contributed by atoms with Crippen LogP contribution < -0.4 is 0 Å². The first kappa shape index (κ1) is 16.0. The minimum Gasteiger partial charge on any atom is -0.388 e. The summed E-state index contributed by atoms with van der Waals surface area (Å²) in [4.78, 5) is 2.39. The Morgan fingerprint density at radius 3 is 2.55 bits per heavy atom. The zero-order valence-electron chi connectivity index (χ0n) is 12.4. The van der Waals surface area contributed by atoms with E-state index in [1.54, 1.807) is 0 Å². The first-order valence-corrected chi connectivity index (χ1v) is 8.55. The van der Waals surface area contributed by atoms with Crippen LogP contribution in [0.4, 0.5) is 0 Å². The first-order chi connectivity index (χ1) is 9.55. The maximum absolute atomic E-state index is 9.41. The third-order valence-electron chi connectivity index (χ3n) is 3.42. The van der Waals surface area contributed by atoms with Gasteiger partial charge in [-0.3, -0.25) is 4.90 Å². The van der Waals surface area contributed by atoms with Crippen molar-refractivity contribution >= 4 is 24.0 Å². The molecule has 2 unspecified atom stereocenters. The van der Waals surface area contributed by atoms with Crippen LogP contribution in [0, 0.1) is 4.77 Å². The van der Waals surface area contributed by atoms with Crippen LogP contribution in [0.2, 0.25) is 0 Å². The average molecular weight is 316 g/mol. The Morgan fingerprint density at radius 2 is 2.00 bits per heavy atom. The topological polar surface area (TPSA) is 46.2 Å². The fourth-order valence-electron chi connectivity index (χ4n) is 2.73. The van der Waals surface area contributed by atoms with Crippen molar-refractivity contribution in [3.63, 3.8) is 0 Å². The molecule has 5 nitrogen and oxygen atoms in total. The second-order valence-corrected chi connectivity index (χ2v) is 7.69. The number of thioether (sulfide) groups is 1. The summed E-state index contributed by atoms with van der Waals surface area (Å²) in [5.74, 6) is 0.671. The van der Waals surface area contributed by atoms with Crippen LogP contribution in [0.5, 0.6) is 0 Å². The summed E-state index contributed by atoms with van der Waals surface area (Å²) >= 11 is 7.53. The van der Waals surface area contributed by atoms with Gasteiger partial charge >= 0.3 is 0 Å². The largest absolute Gasteiger partial charge is 0.388 e. The van der Waals surface area contributed by atoms with Gasteiger partial charge in [-0.15, -0.1) is 0 Å². The van der Waals surface area contributed by atoms with Crippen molar-refractivity contribution in [3.8, 4) is 0 Å². The van der Waals surface area contributed by atoms with Crippen molar-refractivity contribution in [1.29, 1.82) is 0 Å². The minimum atomic E-state index is -0.0563. The zero-order valence-corrected chi connectivity index (χ0v) is 14.1. The molecule has 0 amide bonds. The first-order valence-electron chi connectivity index (χ1n) is 7.20. The molecule has 1 aliphatic rings. The average Bonchev–Trinajstić information content (AvgIpc) is 2.66. The summed E-state index contributed by atoms with van der Waals surface area (Å²) in [7, 11) is 0. The molecule has 114 valence electrons. The van der Waals surface area contributed by atoms with Gasteiger partial charge in [0.1, 0.15) is 6.61 Å². The molecule has 0 saturated carbocycles. The predicted molar refractivity (Wildman–Crippen MR) is 85.4 cm³/mol. The molecule has 1 aromatic heterocycles. The summed E-state index contributed by atoms with van der Waals surface area (Å²) in [5.41, 5.74) is 0. The van der Waals surface area contributed by atoms with Crippen LogP contribution in [0.3, 0.4) is 0 Å². The van der Waals surface area contributed by atoms with Gasteiger partial charge in [-0.25, -0.2) is 4.68 Å². The molecule has 0 bridgehead atoms. The number of aromatic nitrogens is 3. The van der Waals surface area contributed by atoms with Crippen molar-refractivity contribution in [3.05, 3.63) is 10.6 Å². The highest BCUT2D eigenvalue weighted by Gasteiger charge is 2.23. The van der Waals surface area contributed by atoms with Gasteiger partial charge in [0.25, 0.3) is 0 Å². The third kappa shape index (κ3) is 3.63. The van der Waals surface area contributed by atoms with Gasteiger partial charge in [0, 0.05) is 30.1 Å². The molecular formula is C13H24N4OS2. The Kier molecular flexibility index (Phi) is 5.65. The number of aliphatic hydroxyl groups excluding tert-OH is 1. The van der Waals surface area contributed by atoms with Gasteiger partial charge in [0.15, 0.2) is 10.6 Å². The Hall–Kier alpha value is -0.370. The van der Waals surface area contributed by atoms with Gasteiger partial charge in [0.05, 0.1) is 6.67 Å². The molecule has 1 aliphatic heterocycles. The molecule has 20 heavy (non-hydrogen) atoms. The van der Waals surface area contributed by atoms with Crippen molar-refractivity contribution < 1.29 is 5.11 Å². The van der Waals surface area contributed by atoms with Crippen LogP contribution in [-0.4, -0.2) is 47.9 Å². The Bertz CT molecular complexity index is 489. The molecule has 0 aromatic carbocycles. The lowest BCUT2D eigenvalue weighted by Gasteiger charge is -2.34. The van der Waals surface area contributed by atoms with E-state index in [2.05, 4.69) is 30.8 Å². The lowest BCUT2D eigenvalue weighted by Crippen LogP contribution is -2.41. The molecule has 1 aromatic rings. The van der Waals surface area contributed by atoms with Crippen molar-refractivity contribution in [2.45, 2.75) is 57.5 Å². The molecule has 7 heteroatoms.